The average molecular weight is 478 g/mol. The molecule has 0 radical (unpaired) electrons. The van der Waals surface area contributed by atoms with Gasteiger partial charge in [0.05, 0.1) is 41.8 Å². The number of nitrogens with one attached hydrogen (secondary N) is 1. The molecule has 3 aromatic carbocycles. The molecule has 1 aliphatic carbocycles. The van der Waals surface area contributed by atoms with Crippen LogP contribution < -0.4 is 5.32 Å². The number of fused-ring (bicyclic) bond motifs is 1. The Labute approximate surface area is 207 Å². The quantitative estimate of drug-likeness (QED) is 0.333. The Kier molecular flexibility index (Phi) is 5.73. The van der Waals surface area contributed by atoms with Gasteiger partial charge in [-0.05, 0) is 42.5 Å². The summed E-state index contributed by atoms with van der Waals surface area (Å²) in [7, 11) is 0. The monoisotopic (exact) mass is 477 g/mol. The summed E-state index contributed by atoms with van der Waals surface area (Å²) in [6.45, 7) is 0.284. The molecule has 1 N–H and O–H groups in total. The van der Waals surface area contributed by atoms with E-state index in [0.717, 1.165) is 40.4 Å². The predicted octanol–water partition coefficient (Wildman–Crippen LogP) is 5.56. The van der Waals surface area contributed by atoms with Crippen molar-refractivity contribution >= 4 is 16.8 Å². The molecule has 1 unspecified atom stereocenters. The van der Waals surface area contributed by atoms with Crippen LogP contribution in [0.2, 0.25) is 0 Å². The molecule has 1 saturated carbocycles. The first-order valence-electron chi connectivity index (χ1n) is 12.0. The lowest BCUT2D eigenvalue weighted by Crippen LogP contribution is -2.31. The van der Waals surface area contributed by atoms with Crippen molar-refractivity contribution in [2.45, 2.75) is 25.4 Å². The van der Waals surface area contributed by atoms with Crippen molar-refractivity contribution in [1.29, 1.82) is 0 Å². The molecule has 2 aromatic heterocycles. The molecular formula is C29H24FN5O. The molecule has 1 fully saturated rings. The zero-order valence-corrected chi connectivity index (χ0v) is 19.5. The Morgan fingerprint density at radius 3 is 2.47 bits per heavy atom. The number of amides is 1. The SMILES string of the molecule is O=C(NC(c1cccc(F)c1)C1CC1)c1c(Cn2nccn2)c(-c2ccccc2)nc2ccccc12. The summed E-state index contributed by atoms with van der Waals surface area (Å²) in [5.74, 6) is -0.235. The van der Waals surface area contributed by atoms with Crippen LogP contribution in [0.25, 0.3) is 22.2 Å². The molecule has 1 aliphatic rings. The fourth-order valence-electron chi connectivity index (χ4n) is 4.78. The van der Waals surface area contributed by atoms with Crippen LogP contribution in [0.5, 0.6) is 0 Å². The number of para-hydroxylation sites is 1. The van der Waals surface area contributed by atoms with Crippen LogP contribution >= 0.6 is 0 Å². The number of rotatable bonds is 7. The van der Waals surface area contributed by atoms with Gasteiger partial charge in [-0.25, -0.2) is 9.37 Å². The second kappa shape index (κ2) is 9.34. The molecule has 7 heteroatoms. The number of benzene rings is 3. The fourth-order valence-corrected chi connectivity index (χ4v) is 4.78. The van der Waals surface area contributed by atoms with Crippen LogP contribution in [0.4, 0.5) is 4.39 Å². The highest BCUT2D eigenvalue weighted by Gasteiger charge is 2.35. The number of hydrogen-bond donors (Lipinski definition) is 1. The van der Waals surface area contributed by atoms with Crippen molar-refractivity contribution in [3.05, 3.63) is 114 Å². The molecule has 36 heavy (non-hydrogen) atoms. The first kappa shape index (κ1) is 22.1. The van der Waals surface area contributed by atoms with Crippen LogP contribution in [0.15, 0.2) is 91.3 Å². The van der Waals surface area contributed by atoms with Gasteiger partial charge in [0, 0.05) is 16.5 Å². The summed E-state index contributed by atoms with van der Waals surface area (Å²) in [6.07, 6.45) is 5.22. The van der Waals surface area contributed by atoms with Crippen molar-refractivity contribution in [2.75, 3.05) is 0 Å². The minimum atomic E-state index is -0.307. The zero-order chi connectivity index (χ0) is 24.5. The molecule has 6 rings (SSSR count). The van der Waals surface area contributed by atoms with Gasteiger partial charge in [-0.2, -0.15) is 15.0 Å². The molecule has 0 saturated heterocycles. The smallest absolute Gasteiger partial charge is 0.252 e. The molecule has 5 aromatic rings. The molecule has 1 atom stereocenters. The number of pyridine rings is 1. The molecule has 0 spiro atoms. The van der Waals surface area contributed by atoms with Crippen LogP contribution in [-0.4, -0.2) is 25.9 Å². The van der Waals surface area contributed by atoms with Gasteiger partial charge in [0.1, 0.15) is 5.82 Å². The van der Waals surface area contributed by atoms with E-state index in [1.54, 1.807) is 23.3 Å². The highest BCUT2D eigenvalue weighted by atomic mass is 19.1. The van der Waals surface area contributed by atoms with Gasteiger partial charge in [0.15, 0.2) is 0 Å². The van der Waals surface area contributed by atoms with Gasteiger partial charge in [-0.3, -0.25) is 4.79 Å². The molecule has 2 heterocycles. The average Bonchev–Trinajstić information content (AvgIpc) is 3.62. The summed E-state index contributed by atoms with van der Waals surface area (Å²) in [5.41, 5.74) is 4.41. The van der Waals surface area contributed by atoms with Crippen LogP contribution in [0.3, 0.4) is 0 Å². The van der Waals surface area contributed by atoms with Gasteiger partial charge in [-0.1, -0.05) is 60.7 Å². The maximum absolute atomic E-state index is 14.1. The second-order valence-corrected chi connectivity index (χ2v) is 9.10. The molecule has 1 amide bonds. The third-order valence-electron chi connectivity index (χ3n) is 6.62. The Morgan fingerprint density at radius 2 is 1.72 bits per heavy atom. The number of halogens is 1. The van der Waals surface area contributed by atoms with Crippen LogP contribution in [-0.2, 0) is 6.54 Å². The summed E-state index contributed by atoms with van der Waals surface area (Å²) < 4.78 is 14.1. The number of carbonyl (C=O) groups excluding carboxylic acids is 1. The van der Waals surface area contributed by atoms with E-state index in [9.17, 15) is 9.18 Å². The second-order valence-electron chi connectivity index (χ2n) is 9.10. The van der Waals surface area contributed by atoms with E-state index in [-0.39, 0.29) is 30.2 Å². The third kappa shape index (κ3) is 4.35. The normalized spacial score (nSPS) is 14.0. The Hall–Kier alpha value is -4.39. The minimum absolute atomic E-state index is 0.214. The predicted molar refractivity (Wildman–Crippen MR) is 136 cm³/mol. The Balaban J connectivity index is 1.52. The maximum Gasteiger partial charge on any atom is 0.252 e. The fraction of sp³-hybridized carbons (Fsp3) is 0.172. The molecule has 178 valence electrons. The van der Waals surface area contributed by atoms with E-state index >= 15 is 0 Å². The van der Waals surface area contributed by atoms with Crippen molar-refractivity contribution in [3.8, 4) is 11.3 Å². The first-order chi connectivity index (χ1) is 17.7. The molecular weight excluding hydrogens is 453 g/mol. The third-order valence-corrected chi connectivity index (χ3v) is 6.62. The zero-order valence-electron chi connectivity index (χ0n) is 19.5. The summed E-state index contributed by atoms with van der Waals surface area (Å²) in [4.78, 5) is 20.6. The van der Waals surface area contributed by atoms with E-state index in [2.05, 4.69) is 15.5 Å². The number of aromatic nitrogens is 4. The van der Waals surface area contributed by atoms with E-state index in [0.29, 0.717) is 11.3 Å². The van der Waals surface area contributed by atoms with Gasteiger partial charge in [0.2, 0.25) is 0 Å². The number of carbonyl (C=O) groups is 1. The largest absolute Gasteiger partial charge is 0.345 e. The lowest BCUT2D eigenvalue weighted by molar-refractivity contribution is 0.0932. The van der Waals surface area contributed by atoms with E-state index in [1.807, 2.05) is 60.7 Å². The summed E-state index contributed by atoms with van der Waals surface area (Å²) >= 11 is 0. The summed E-state index contributed by atoms with van der Waals surface area (Å²) in [5, 5.41) is 12.6. The van der Waals surface area contributed by atoms with E-state index in [1.165, 1.54) is 12.1 Å². The lowest BCUT2D eigenvalue weighted by atomic mass is 9.95. The van der Waals surface area contributed by atoms with Crippen LogP contribution in [0.1, 0.15) is 40.4 Å². The van der Waals surface area contributed by atoms with Gasteiger partial charge in [0.25, 0.3) is 5.91 Å². The highest BCUT2D eigenvalue weighted by Crippen LogP contribution is 2.41. The van der Waals surface area contributed by atoms with Crippen molar-refractivity contribution < 1.29 is 9.18 Å². The van der Waals surface area contributed by atoms with Crippen molar-refractivity contribution in [3.63, 3.8) is 0 Å². The van der Waals surface area contributed by atoms with Gasteiger partial charge >= 0.3 is 0 Å². The minimum Gasteiger partial charge on any atom is -0.345 e. The Morgan fingerprint density at radius 1 is 0.972 bits per heavy atom. The standard InChI is InChI=1S/C29H24FN5O/c30-22-10-6-9-21(17-22)27(20-13-14-20)34-29(36)26-23-11-4-5-12-25(23)33-28(19-7-2-1-3-8-19)24(26)18-35-31-15-16-32-35/h1-12,15-17,20,27H,13-14,18H2,(H,34,36). The topological polar surface area (TPSA) is 72.7 Å². The van der Waals surface area contributed by atoms with E-state index in [4.69, 9.17) is 4.98 Å². The maximum atomic E-state index is 14.1. The Bertz CT molecular complexity index is 1530. The molecule has 0 aliphatic heterocycles. The van der Waals surface area contributed by atoms with Crippen molar-refractivity contribution in [1.82, 2.24) is 25.3 Å². The van der Waals surface area contributed by atoms with Gasteiger partial charge < -0.3 is 5.32 Å². The summed E-state index contributed by atoms with van der Waals surface area (Å²) in [6, 6.07) is 23.7. The van der Waals surface area contributed by atoms with E-state index < -0.39 is 0 Å². The number of nitrogens with zero attached hydrogens (tertiary/aromatic N) is 4. The van der Waals surface area contributed by atoms with Gasteiger partial charge in [-0.15, -0.1) is 0 Å². The number of hydrogen-bond acceptors (Lipinski definition) is 4. The van der Waals surface area contributed by atoms with Crippen molar-refractivity contribution in [2.24, 2.45) is 5.92 Å². The first-order valence-corrected chi connectivity index (χ1v) is 12.0. The molecule has 0 bridgehead atoms. The molecule has 6 nitrogen and oxygen atoms in total. The highest BCUT2D eigenvalue weighted by molar-refractivity contribution is 6.09. The van der Waals surface area contributed by atoms with Crippen LogP contribution in [0, 0.1) is 11.7 Å². The lowest BCUT2D eigenvalue weighted by Gasteiger charge is -2.22.